The van der Waals surface area contributed by atoms with Gasteiger partial charge in [0.05, 0.1) is 12.9 Å². The molecule has 1 aliphatic rings. The standard InChI is InChI=1S/C23H30N6O/c1-4-21(5-2)29-11-9-19(16-24)23(29)27-18(3)26-20-7-6-8-22(15-20)30-14-13-28-12-10-25-17-28/h6-12,15-17,21,26H,3-5,13-14,24H2,1-2H3/b19-16-,27-23+. The van der Waals surface area contributed by atoms with E-state index in [1.165, 1.54) is 0 Å². The van der Waals surface area contributed by atoms with E-state index in [-0.39, 0.29) is 0 Å². The van der Waals surface area contributed by atoms with Crippen molar-refractivity contribution in [1.29, 1.82) is 0 Å². The van der Waals surface area contributed by atoms with Crippen LogP contribution in [-0.4, -0.2) is 32.9 Å². The SMILES string of the molecule is C=C(/N=C1\C(=C/N)C=CN1C(CC)CC)Nc1cccc(OCCn2ccnc2)c1. The fourth-order valence-corrected chi connectivity index (χ4v) is 3.36. The summed E-state index contributed by atoms with van der Waals surface area (Å²) in [5.74, 6) is 2.14. The number of aliphatic imine (C=N–C) groups is 1. The predicted octanol–water partition coefficient (Wildman–Crippen LogP) is 4.10. The first-order valence-corrected chi connectivity index (χ1v) is 10.3. The molecule has 1 aromatic heterocycles. The number of benzene rings is 1. The molecule has 1 aromatic carbocycles. The Balaban J connectivity index is 1.64. The van der Waals surface area contributed by atoms with Crippen LogP contribution in [0, 0.1) is 0 Å². The van der Waals surface area contributed by atoms with Gasteiger partial charge in [0.15, 0.2) is 0 Å². The molecular weight excluding hydrogens is 376 g/mol. The van der Waals surface area contributed by atoms with Gasteiger partial charge in [-0.2, -0.15) is 0 Å². The van der Waals surface area contributed by atoms with Gasteiger partial charge in [0.2, 0.25) is 0 Å². The first-order chi connectivity index (χ1) is 14.6. The predicted molar refractivity (Wildman–Crippen MR) is 122 cm³/mol. The third-order valence-electron chi connectivity index (χ3n) is 4.97. The maximum atomic E-state index is 5.85. The van der Waals surface area contributed by atoms with Crippen LogP contribution in [-0.2, 0) is 6.54 Å². The normalized spacial score (nSPS) is 16.0. The minimum absolute atomic E-state index is 0.373. The van der Waals surface area contributed by atoms with E-state index in [1.807, 2.05) is 47.3 Å². The van der Waals surface area contributed by atoms with Gasteiger partial charge in [0.25, 0.3) is 0 Å². The minimum atomic E-state index is 0.373. The molecule has 0 bridgehead atoms. The molecule has 0 aliphatic carbocycles. The lowest BCUT2D eigenvalue weighted by Crippen LogP contribution is -2.33. The second kappa shape index (κ2) is 10.3. The summed E-state index contributed by atoms with van der Waals surface area (Å²) in [4.78, 5) is 10.9. The summed E-state index contributed by atoms with van der Waals surface area (Å²) in [6.07, 6.45) is 13.1. The fourth-order valence-electron chi connectivity index (χ4n) is 3.36. The second-order valence-corrected chi connectivity index (χ2v) is 7.00. The van der Waals surface area contributed by atoms with Crippen molar-refractivity contribution < 1.29 is 4.74 Å². The van der Waals surface area contributed by atoms with Gasteiger partial charge >= 0.3 is 0 Å². The molecule has 1 aliphatic heterocycles. The lowest BCUT2D eigenvalue weighted by atomic mass is 10.1. The number of nitrogens with two attached hydrogens (primary N) is 1. The van der Waals surface area contributed by atoms with Gasteiger partial charge in [-0.05, 0) is 31.1 Å². The number of imidazole rings is 1. The van der Waals surface area contributed by atoms with Gasteiger partial charge in [-0.1, -0.05) is 26.5 Å². The molecule has 0 atom stereocenters. The number of nitrogens with one attached hydrogen (secondary N) is 1. The Morgan fingerprint density at radius 2 is 2.20 bits per heavy atom. The van der Waals surface area contributed by atoms with E-state index in [1.54, 1.807) is 18.7 Å². The monoisotopic (exact) mass is 406 g/mol. The Kier molecular flexibility index (Phi) is 7.32. The summed E-state index contributed by atoms with van der Waals surface area (Å²) in [5.41, 5.74) is 7.56. The number of aromatic nitrogens is 2. The number of ether oxygens (including phenoxy) is 1. The summed E-state index contributed by atoms with van der Waals surface area (Å²) in [6, 6.07) is 8.13. The average molecular weight is 407 g/mol. The molecule has 0 saturated carbocycles. The molecule has 30 heavy (non-hydrogen) atoms. The van der Waals surface area contributed by atoms with Gasteiger partial charge in [0.1, 0.15) is 24.0 Å². The molecular formula is C23H30N6O. The molecule has 7 nitrogen and oxygen atoms in total. The molecule has 7 heteroatoms. The highest BCUT2D eigenvalue weighted by molar-refractivity contribution is 6.04. The molecule has 158 valence electrons. The highest BCUT2D eigenvalue weighted by Gasteiger charge is 2.24. The van der Waals surface area contributed by atoms with Crippen LogP contribution in [0.1, 0.15) is 26.7 Å². The quantitative estimate of drug-likeness (QED) is 0.621. The number of nitrogens with zero attached hydrogens (tertiary/aromatic N) is 4. The lowest BCUT2D eigenvalue weighted by molar-refractivity contribution is 0.298. The first-order valence-electron chi connectivity index (χ1n) is 10.3. The summed E-state index contributed by atoms with van der Waals surface area (Å²) < 4.78 is 7.83. The molecule has 2 heterocycles. The first kappa shape index (κ1) is 21.2. The molecule has 3 rings (SSSR count). The summed E-state index contributed by atoms with van der Waals surface area (Å²) in [7, 11) is 0. The lowest BCUT2D eigenvalue weighted by Gasteiger charge is -2.27. The van der Waals surface area contributed by atoms with Gasteiger partial charge in [-0.25, -0.2) is 9.98 Å². The summed E-state index contributed by atoms with van der Waals surface area (Å²) in [5, 5.41) is 3.25. The Labute approximate surface area is 178 Å². The topological polar surface area (TPSA) is 80.7 Å². The van der Waals surface area contributed by atoms with Crippen molar-refractivity contribution in [1.82, 2.24) is 14.5 Å². The maximum absolute atomic E-state index is 5.85. The third kappa shape index (κ3) is 5.31. The highest BCUT2D eigenvalue weighted by atomic mass is 16.5. The molecule has 0 saturated heterocycles. The maximum Gasteiger partial charge on any atom is 0.144 e. The van der Waals surface area contributed by atoms with E-state index in [0.29, 0.717) is 18.5 Å². The number of hydrogen-bond donors (Lipinski definition) is 2. The Bertz CT molecular complexity index is 925. The van der Waals surface area contributed by atoms with Crippen LogP contribution in [0.2, 0.25) is 0 Å². The molecule has 0 radical (unpaired) electrons. The Morgan fingerprint density at radius 1 is 1.37 bits per heavy atom. The van der Waals surface area contributed by atoms with Gasteiger partial charge in [-0.15, -0.1) is 0 Å². The van der Waals surface area contributed by atoms with Crippen molar-refractivity contribution >= 4 is 11.5 Å². The van der Waals surface area contributed by atoms with E-state index >= 15 is 0 Å². The van der Waals surface area contributed by atoms with Crippen LogP contribution in [0.5, 0.6) is 5.75 Å². The minimum Gasteiger partial charge on any atom is -0.492 e. The van der Waals surface area contributed by atoms with Crippen LogP contribution in [0.3, 0.4) is 0 Å². The number of anilines is 1. The average Bonchev–Trinajstić information content (AvgIpc) is 3.40. The fraction of sp³-hybridized carbons (Fsp3) is 0.304. The zero-order chi connectivity index (χ0) is 21.3. The van der Waals surface area contributed by atoms with Crippen molar-refractivity contribution in [3.63, 3.8) is 0 Å². The molecule has 0 unspecified atom stereocenters. The van der Waals surface area contributed by atoms with E-state index in [2.05, 4.69) is 35.6 Å². The van der Waals surface area contributed by atoms with Crippen molar-refractivity contribution in [2.45, 2.75) is 39.3 Å². The largest absolute Gasteiger partial charge is 0.492 e. The Hall–Kier alpha value is -3.48. The third-order valence-corrected chi connectivity index (χ3v) is 4.97. The van der Waals surface area contributed by atoms with E-state index in [4.69, 9.17) is 15.5 Å². The van der Waals surface area contributed by atoms with Crippen LogP contribution in [0.4, 0.5) is 5.69 Å². The van der Waals surface area contributed by atoms with Crippen LogP contribution < -0.4 is 15.8 Å². The van der Waals surface area contributed by atoms with Crippen molar-refractivity contribution in [2.24, 2.45) is 10.7 Å². The summed E-state index contributed by atoms with van der Waals surface area (Å²) in [6.45, 7) is 9.73. The number of amidine groups is 1. The van der Waals surface area contributed by atoms with Crippen molar-refractivity contribution in [3.05, 3.63) is 79.4 Å². The smallest absolute Gasteiger partial charge is 0.144 e. The van der Waals surface area contributed by atoms with Gasteiger partial charge in [0, 0.05) is 48.2 Å². The molecule has 0 spiro atoms. The zero-order valence-corrected chi connectivity index (χ0v) is 17.7. The van der Waals surface area contributed by atoms with E-state index in [9.17, 15) is 0 Å². The van der Waals surface area contributed by atoms with Crippen molar-refractivity contribution in [2.75, 3.05) is 11.9 Å². The number of rotatable bonds is 10. The summed E-state index contributed by atoms with van der Waals surface area (Å²) >= 11 is 0. The molecule has 0 fully saturated rings. The second-order valence-electron chi connectivity index (χ2n) is 7.00. The molecule has 2 aromatic rings. The number of hydrogen-bond acceptors (Lipinski definition) is 5. The molecule has 0 amide bonds. The van der Waals surface area contributed by atoms with E-state index < -0.39 is 0 Å². The van der Waals surface area contributed by atoms with Crippen LogP contribution >= 0.6 is 0 Å². The van der Waals surface area contributed by atoms with Crippen LogP contribution in [0.25, 0.3) is 0 Å². The van der Waals surface area contributed by atoms with Crippen molar-refractivity contribution in [3.8, 4) is 5.75 Å². The zero-order valence-electron chi connectivity index (χ0n) is 17.7. The van der Waals surface area contributed by atoms with Gasteiger partial charge in [-0.3, -0.25) is 0 Å². The highest BCUT2D eigenvalue weighted by Crippen LogP contribution is 2.23. The van der Waals surface area contributed by atoms with Crippen LogP contribution in [0.15, 0.2) is 84.4 Å². The Morgan fingerprint density at radius 3 is 2.90 bits per heavy atom. The van der Waals surface area contributed by atoms with E-state index in [0.717, 1.165) is 42.2 Å². The van der Waals surface area contributed by atoms with Gasteiger partial charge < -0.3 is 25.3 Å². The molecule has 3 N–H and O–H groups in total.